The molecule has 2 rings (SSSR count). The summed E-state index contributed by atoms with van der Waals surface area (Å²) in [7, 11) is 1.64. The van der Waals surface area contributed by atoms with E-state index in [1.54, 1.807) is 25.2 Å². The number of likely N-dealkylation sites (N-methyl/N-ethyl adjacent to an activating group) is 1. The van der Waals surface area contributed by atoms with Crippen LogP contribution in [0, 0.1) is 0 Å². The number of carbonyl (C=O) groups excluding carboxylic acids is 3. The van der Waals surface area contributed by atoms with E-state index in [1.807, 2.05) is 0 Å². The lowest BCUT2D eigenvalue weighted by Crippen LogP contribution is -2.35. The predicted octanol–water partition coefficient (Wildman–Crippen LogP) is 0.959. The molecule has 19 heavy (non-hydrogen) atoms. The smallest absolute Gasteiger partial charge is 0.264 e. The van der Waals surface area contributed by atoms with Gasteiger partial charge in [-0.2, -0.15) is 0 Å². The average molecular weight is 262 g/mol. The molecular weight excluding hydrogens is 248 g/mol. The van der Waals surface area contributed by atoms with Gasteiger partial charge in [0.05, 0.1) is 12.1 Å². The molecule has 0 atom stereocenters. The van der Waals surface area contributed by atoms with E-state index in [0.717, 1.165) is 0 Å². The Morgan fingerprint density at radius 3 is 2.84 bits per heavy atom. The maximum Gasteiger partial charge on any atom is 0.264 e. The highest BCUT2D eigenvalue weighted by molar-refractivity contribution is 6.04. The van der Waals surface area contributed by atoms with Crippen molar-refractivity contribution in [3.63, 3.8) is 0 Å². The lowest BCUT2D eigenvalue weighted by Gasteiger charge is -2.26. The van der Waals surface area contributed by atoms with Gasteiger partial charge in [-0.05, 0) is 25.1 Å². The molecule has 0 fully saturated rings. The molecule has 0 saturated carbocycles. The molecule has 1 heterocycles. The third kappa shape index (κ3) is 2.90. The molecule has 6 heteroatoms. The van der Waals surface area contributed by atoms with E-state index in [1.165, 1.54) is 11.8 Å². The van der Waals surface area contributed by atoms with Crippen LogP contribution in [-0.2, 0) is 14.4 Å². The number of benzene rings is 1. The van der Waals surface area contributed by atoms with Gasteiger partial charge in [0.15, 0.2) is 6.61 Å². The fourth-order valence-electron chi connectivity index (χ4n) is 1.78. The monoisotopic (exact) mass is 262 g/mol. The number of carbonyl (C=O) groups is 3. The largest absolute Gasteiger partial charge is 0.482 e. The van der Waals surface area contributed by atoms with Crippen LogP contribution in [0.3, 0.4) is 0 Å². The first-order valence-corrected chi connectivity index (χ1v) is 5.80. The number of fused-ring (bicyclic) bond motifs is 1. The minimum absolute atomic E-state index is 0.0134. The molecule has 1 aliphatic heterocycles. The summed E-state index contributed by atoms with van der Waals surface area (Å²) >= 11 is 0. The second-order valence-electron chi connectivity index (χ2n) is 4.35. The number of amides is 2. The molecule has 0 aromatic heterocycles. The molecule has 0 aliphatic carbocycles. The van der Waals surface area contributed by atoms with E-state index >= 15 is 0 Å². The van der Waals surface area contributed by atoms with Crippen LogP contribution >= 0.6 is 0 Å². The van der Waals surface area contributed by atoms with Crippen molar-refractivity contribution >= 4 is 29.0 Å². The van der Waals surface area contributed by atoms with Crippen molar-refractivity contribution in [2.75, 3.05) is 23.9 Å². The number of Topliss-reactive ketones (excluding diaryl/α,β-unsaturated/α-hetero) is 1. The lowest BCUT2D eigenvalue weighted by atomic mass is 10.2. The van der Waals surface area contributed by atoms with Gasteiger partial charge in [0.25, 0.3) is 5.91 Å². The van der Waals surface area contributed by atoms with Crippen LogP contribution in [0.15, 0.2) is 18.2 Å². The Hall–Kier alpha value is -2.37. The second-order valence-corrected chi connectivity index (χ2v) is 4.35. The molecule has 100 valence electrons. The predicted molar refractivity (Wildman–Crippen MR) is 69.3 cm³/mol. The van der Waals surface area contributed by atoms with Crippen LogP contribution in [0.1, 0.15) is 13.3 Å². The Labute approximate surface area is 110 Å². The maximum absolute atomic E-state index is 11.5. The van der Waals surface area contributed by atoms with E-state index < -0.39 is 0 Å². The molecular formula is C13H14N2O4. The van der Waals surface area contributed by atoms with E-state index in [-0.39, 0.29) is 30.6 Å². The van der Waals surface area contributed by atoms with Crippen LogP contribution in [0.2, 0.25) is 0 Å². The van der Waals surface area contributed by atoms with Gasteiger partial charge in [0.1, 0.15) is 11.5 Å². The number of ketones is 1. The average Bonchev–Trinajstić information content (AvgIpc) is 2.33. The molecule has 2 amide bonds. The first kappa shape index (κ1) is 13.1. The SMILES string of the molecule is CC(=O)CC(=O)Nc1ccc2c(c1)N(C)C(=O)CO2. The van der Waals surface area contributed by atoms with Gasteiger partial charge in [-0.3, -0.25) is 14.4 Å². The summed E-state index contributed by atoms with van der Waals surface area (Å²) in [6.07, 6.45) is -0.164. The molecule has 1 aromatic rings. The lowest BCUT2D eigenvalue weighted by molar-refractivity contribution is -0.124. The Morgan fingerprint density at radius 1 is 1.42 bits per heavy atom. The van der Waals surface area contributed by atoms with E-state index in [0.29, 0.717) is 17.1 Å². The van der Waals surface area contributed by atoms with Crippen LogP contribution in [0.4, 0.5) is 11.4 Å². The Kier molecular flexibility index (Phi) is 3.50. The van der Waals surface area contributed by atoms with Gasteiger partial charge in [-0.25, -0.2) is 0 Å². The zero-order valence-electron chi connectivity index (χ0n) is 10.7. The van der Waals surface area contributed by atoms with Gasteiger partial charge in [0, 0.05) is 12.7 Å². The van der Waals surface area contributed by atoms with Gasteiger partial charge in [0.2, 0.25) is 5.91 Å². The fourth-order valence-corrected chi connectivity index (χ4v) is 1.78. The number of hydrogen-bond donors (Lipinski definition) is 1. The zero-order chi connectivity index (χ0) is 14.0. The topological polar surface area (TPSA) is 75.7 Å². The summed E-state index contributed by atoms with van der Waals surface area (Å²) in [4.78, 5) is 35.3. The molecule has 0 spiro atoms. The Balaban J connectivity index is 2.18. The first-order valence-electron chi connectivity index (χ1n) is 5.80. The summed E-state index contributed by atoms with van der Waals surface area (Å²) in [5.74, 6) is -0.143. The molecule has 1 aromatic carbocycles. The Morgan fingerprint density at radius 2 is 2.16 bits per heavy atom. The standard InChI is InChI=1S/C13H14N2O4/c1-8(16)5-12(17)14-9-3-4-11-10(6-9)15(2)13(18)7-19-11/h3-4,6H,5,7H2,1-2H3,(H,14,17). The summed E-state index contributed by atoms with van der Waals surface area (Å²) < 4.78 is 5.27. The number of rotatable bonds is 3. The third-order valence-electron chi connectivity index (χ3n) is 2.74. The highest BCUT2D eigenvalue weighted by Crippen LogP contribution is 2.33. The second kappa shape index (κ2) is 5.09. The number of hydrogen-bond acceptors (Lipinski definition) is 4. The molecule has 1 N–H and O–H groups in total. The maximum atomic E-state index is 11.5. The summed E-state index contributed by atoms with van der Waals surface area (Å²) in [5.41, 5.74) is 1.12. The molecule has 0 radical (unpaired) electrons. The third-order valence-corrected chi connectivity index (χ3v) is 2.74. The number of anilines is 2. The molecule has 0 saturated heterocycles. The van der Waals surface area contributed by atoms with Crippen molar-refractivity contribution in [3.8, 4) is 5.75 Å². The van der Waals surface area contributed by atoms with Crippen molar-refractivity contribution in [2.24, 2.45) is 0 Å². The van der Waals surface area contributed by atoms with Gasteiger partial charge < -0.3 is 15.0 Å². The summed E-state index contributed by atoms with van der Waals surface area (Å²) in [6, 6.07) is 4.99. The fraction of sp³-hybridized carbons (Fsp3) is 0.308. The number of ether oxygens (including phenoxy) is 1. The minimum atomic E-state index is -0.377. The van der Waals surface area contributed by atoms with Crippen LogP contribution < -0.4 is 15.0 Å². The number of nitrogens with one attached hydrogen (secondary N) is 1. The summed E-state index contributed by atoms with van der Waals surface area (Å²) in [5, 5.41) is 2.61. The molecule has 1 aliphatic rings. The van der Waals surface area contributed by atoms with Gasteiger partial charge in [-0.1, -0.05) is 0 Å². The molecule has 6 nitrogen and oxygen atoms in total. The highest BCUT2D eigenvalue weighted by atomic mass is 16.5. The van der Waals surface area contributed by atoms with E-state index in [9.17, 15) is 14.4 Å². The number of nitrogens with zero attached hydrogens (tertiary/aromatic N) is 1. The van der Waals surface area contributed by atoms with Crippen molar-refractivity contribution in [3.05, 3.63) is 18.2 Å². The highest BCUT2D eigenvalue weighted by Gasteiger charge is 2.22. The Bertz CT molecular complexity index is 554. The van der Waals surface area contributed by atoms with Gasteiger partial charge in [-0.15, -0.1) is 0 Å². The first-order chi connectivity index (χ1) is 8.97. The molecule has 0 unspecified atom stereocenters. The van der Waals surface area contributed by atoms with Gasteiger partial charge >= 0.3 is 0 Å². The van der Waals surface area contributed by atoms with Crippen LogP contribution in [-0.4, -0.2) is 31.3 Å². The van der Waals surface area contributed by atoms with Crippen molar-refractivity contribution < 1.29 is 19.1 Å². The quantitative estimate of drug-likeness (QED) is 0.823. The van der Waals surface area contributed by atoms with E-state index in [4.69, 9.17) is 4.74 Å². The van der Waals surface area contributed by atoms with Crippen molar-refractivity contribution in [2.45, 2.75) is 13.3 Å². The summed E-state index contributed by atoms with van der Waals surface area (Å²) in [6.45, 7) is 1.37. The zero-order valence-corrected chi connectivity index (χ0v) is 10.7. The minimum Gasteiger partial charge on any atom is -0.482 e. The van der Waals surface area contributed by atoms with Crippen molar-refractivity contribution in [1.82, 2.24) is 0 Å². The molecule has 0 bridgehead atoms. The normalized spacial score (nSPS) is 13.6. The van der Waals surface area contributed by atoms with Crippen LogP contribution in [0.25, 0.3) is 0 Å². The van der Waals surface area contributed by atoms with E-state index in [2.05, 4.69) is 5.32 Å². The van der Waals surface area contributed by atoms with Crippen LogP contribution in [0.5, 0.6) is 5.75 Å². The van der Waals surface area contributed by atoms with Crippen molar-refractivity contribution in [1.29, 1.82) is 0 Å².